The Morgan fingerprint density at radius 1 is 0.143 bits per heavy atom. The number of aromatic nitrogens is 1. The third-order valence-corrected chi connectivity index (χ3v) is 14.7. The predicted molar refractivity (Wildman–Crippen MR) is 352 cm³/mol. The maximum Gasteiger partial charge on any atom is 0.137 e. The largest absolute Gasteiger partial charge is 0.310 e. The van der Waals surface area contributed by atoms with E-state index in [1.807, 2.05) is 6.20 Å². The van der Waals surface area contributed by atoms with E-state index in [2.05, 4.69) is 381 Å². The zero-order chi connectivity index (χ0) is 56.3. The molecule has 0 aliphatic heterocycles. The highest BCUT2D eigenvalue weighted by molar-refractivity contribution is 5.92. The highest BCUT2D eigenvalue weighted by Crippen LogP contribution is 2.49. The second-order valence-corrected chi connectivity index (χ2v) is 20.2. The van der Waals surface area contributed by atoms with Gasteiger partial charge in [-0.3, -0.25) is 4.90 Å². The van der Waals surface area contributed by atoms with Crippen LogP contribution in [0.1, 0.15) is 0 Å². The van der Waals surface area contributed by atoms with E-state index in [-0.39, 0.29) is 0 Å². The van der Waals surface area contributed by atoms with Gasteiger partial charge in [0.1, 0.15) is 5.82 Å². The Bertz CT molecular complexity index is 3530. The molecule has 0 aliphatic rings. The summed E-state index contributed by atoms with van der Waals surface area (Å²) in [5.41, 5.74) is 16.9. The Labute approximate surface area is 492 Å². The summed E-state index contributed by atoms with van der Waals surface area (Å²) in [6.07, 6.45) is 2.01. The van der Waals surface area contributed by atoms with Gasteiger partial charge in [-0.25, -0.2) is 4.98 Å². The highest BCUT2D eigenvalue weighted by atomic mass is 15.2. The second kappa shape index (κ2) is 24.5. The molecule has 0 fully saturated rings. The van der Waals surface area contributed by atoms with Crippen molar-refractivity contribution in [2.75, 3.05) is 29.4 Å². The summed E-state index contributed by atoms with van der Waals surface area (Å²) in [5.74, 6) is 0.742. The van der Waals surface area contributed by atoms with Crippen molar-refractivity contribution in [2.45, 2.75) is 0 Å². The summed E-state index contributed by atoms with van der Waals surface area (Å²) >= 11 is 0. The highest BCUT2D eigenvalue weighted by Gasteiger charge is 2.26. The van der Waals surface area contributed by atoms with Crippen LogP contribution >= 0.6 is 0 Å². The van der Waals surface area contributed by atoms with Gasteiger partial charge >= 0.3 is 0 Å². The summed E-state index contributed by atoms with van der Waals surface area (Å²) in [6.45, 7) is 0. The van der Waals surface area contributed by atoms with Crippen LogP contribution in [0.4, 0.5) is 103 Å². The first kappa shape index (κ1) is 52.0. The molecule has 0 bridgehead atoms. The zero-order valence-electron chi connectivity index (χ0n) is 46.2. The fourth-order valence-corrected chi connectivity index (χ4v) is 11.0. The number of hydrogen-bond acceptors (Lipinski definition) is 7. The van der Waals surface area contributed by atoms with E-state index in [1.54, 1.807) is 0 Å². The third kappa shape index (κ3) is 11.2. The van der Waals surface area contributed by atoms with Gasteiger partial charge in [-0.2, -0.15) is 0 Å². The van der Waals surface area contributed by atoms with Gasteiger partial charge in [-0.15, -0.1) is 0 Å². The van der Waals surface area contributed by atoms with Gasteiger partial charge in [0.05, 0.1) is 46.0 Å². The number of rotatable bonds is 18. The Balaban J connectivity index is 1.01. The van der Waals surface area contributed by atoms with E-state index in [0.29, 0.717) is 0 Å². The molecule has 0 spiro atoms. The molecular formula is C77H59N7. The van der Waals surface area contributed by atoms with Crippen molar-refractivity contribution in [2.24, 2.45) is 0 Å². The van der Waals surface area contributed by atoms with Gasteiger partial charge in [0.25, 0.3) is 0 Å². The molecular weight excluding hydrogens is 1020 g/mol. The number of nitrogens with zero attached hydrogens (tertiary/aromatic N) is 7. The van der Waals surface area contributed by atoms with E-state index >= 15 is 0 Å². The molecule has 0 saturated heterocycles. The van der Waals surface area contributed by atoms with Gasteiger partial charge in [-0.05, 0) is 170 Å². The van der Waals surface area contributed by atoms with Crippen LogP contribution in [0, 0.1) is 0 Å². The van der Waals surface area contributed by atoms with E-state index in [4.69, 9.17) is 4.98 Å². The minimum Gasteiger partial charge on any atom is -0.310 e. The number of hydrogen-bond donors (Lipinski definition) is 0. The first-order valence-electron chi connectivity index (χ1n) is 28.3. The van der Waals surface area contributed by atoms with Crippen LogP contribution in [-0.4, -0.2) is 4.98 Å². The topological polar surface area (TPSA) is 32.3 Å². The molecule has 7 heteroatoms. The standard InChI is InChI=1S/C77H59N7/c1-11-31-60(32-12-1)79(61-33-13-2-14-34-61)71-53-72(80(62-35-15-3-16-36-62)63-37-17-4-18-38-63)56-75(55-71)83(68-47-27-9-28-48-68)70-51-52-77(78-59-70)84(69-49-29-10-30-50-69)76-57-73(81(64-39-19-5-20-40-64)65-41-21-6-22-42-65)54-74(58-76)82(66-43-23-7-24-44-66)67-45-25-8-26-46-67/h1-59H. The van der Waals surface area contributed by atoms with Crippen LogP contribution in [0.25, 0.3) is 0 Å². The Hall–Kier alpha value is -11.4. The van der Waals surface area contributed by atoms with Crippen LogP contribution in [0.2, 0.25) is 0 Å². The molecule has 402 valence electrons. The maximum absolute atomic E-state index is 5.53. The summed E-state index contributed by atoms with van der Waals surface area (Å²) in [6, 6.07) is 124. The number of anilines is 18. The Morgan fingerprint density at radius 3 is 0.488 bits per heavy atom. The quantitative estimate of drug-likeness (QED) is 0.0846. The SMILES string of the molecule is c1ccc(N(c2ccccc2)c2cc(N(c3ccccc3)c3ccccc3)cc(N(c3ccccc3)c3ccc(N(c4ccccc4)c4cc(N(c5ccccc5)c5ccccc5)cc(N(c5ccccc5)c5ccccc5)c4)nc3)c2)cc1. The lowest BCUT2D eigenvalue weighted by Crippen LogP contribution is -2.17. The van der Waals surface area contributed by atoms with Gasteiger partial charge in [0, 0.05) is 56.9 Å². The van der Waals surface area contributed by atoms with E-state index in [1.165, 1.54) is 0 Å². The van der Waals surface area contributed by atoms with Crippen LogP contribution in [0.15, 0.2) is 358 Å². The average molecular weight is 1080 g/mol. The molecule has 0 saturated carbocycles. The summed E-state index contributed by atoms with van der Waals surface area (Å²) in [5, 5.41) is 0. The predicted octanol–water partition coefficient (Wildman–Crippen LogP) is 21.9. The first-order chi connectivity index (χ1) is 41.7. The van der Waals surface area contributed by atoms with Crippen LogP contribution in [0.5, 0.6) is 0 Å². The fraction of sp³-hybridized carbons (Fsp3) is 0. The van der Waals surface area contributed by atoms with Crippen LogP contribution in [-0.2, 0) is 0 Å². The lowest BCUT2D eigenvalue weighted by molar-refractivity contribution is 1.15. The Kier molecular flexibility index (Phi) is 15.2. The summed E-state index contributed by atoms with van der Waals surface area (Å²) in [7, 11) is 0. The van der Waals surface area contributed by atoms with E-state index in [9.17, 15) is 0 Å². The van der Waals surface area contributed by atoms with Gasteiger partial charge < -0.3 is 24.5 Å². The van der Waals surface area contributed by atoms with Crippen molar-refractivity contribution in [3.8, 4) is 0 Å². The molecule has 1 heterocycles. The maximum atomic E-state index is 5.53. The molecule has 0 amide bonds. The zero-order valence-corrected chi connectivity index (χ0v) is 46.2. The Morgan fingerprint density at radius 2 is 0.310 bits per heavy atom. The van der Waals surface area contributed by atoms with E-state index < -0.39 is 0 Å². The molecule has 0 N–H and O–H groups in total. The lowest BCUT2D eigenvalue weighted by atomic mass is 10.1. The number of benzene rings is 12. The van der Waals surface area contributed by atoms with E-state index in [0.717, 1.165) is 103 Å². The van der Waals surface area contributed by atoms with Crippen LogP contribution < -0.4 is 29.4 Å². The summed E-state index contributed by atoms with van der Waals surface area (Å²) < 4.78 is 0. The van der Waals surface area contributed by atoms with Gasteiger partial charge in [0.2, 0.25) is 0 Å². The third-order valence-electron chi connectivity index (χ3n) is 14.7. The average Bonchev–Trinajstić information content (AvgIpc) is 2.37. The molecule has 0 atom stereocenters. The summed E-state index contributed by atoms with van der Waals surface area (Å²) in [4.78, 5) is 19.4. The lowest BCUT2D eigenvalue weighted by Gasteiger charge is -2.33. The normalized spacial score (nSPS) is 10.9. The van der Waals surface area contributed by atoms with Crippen molar-refractivity contribution < 1.29 is 0 Å². The number of pyridine rings is 1. The van der Waals surface area contributed by atoms with Crippen molar-refractivity contribution in [3.63, 3.8) is 0 Å². The first-order valence-corrected chi connectivity index (χ1v) is 28.3. The van der Waals surface area contributed by atoms with Gasteiger partial charge in [0.15, 0.2) is 0 Å². The smallest absolute Gasteiger partial charge is 0.137 e. The number of para-hydroxylation sites is 10. The second-order valence-electron chi connectivity index (χ2n) is 20.2. The molecule has 13 aromatic rings. The molecule has 0 aliphatic carbocycles. The minimum absolute atomic E-state index is 0.742. The van der Waals surface area contributed by atoms with Gasteiger partial charge in [-0.1, -0.05) is 182 Å². The molecule has 12 aromatic carbocycles. The van der Waals surface area contributed by atoms with Crippen molar-refractivity contribution >= 4 is 103 Å². The molecule has 0 radical (unpaired) electrons. The fourth-order valence-electron chi connectivity index (χ4n) is 11.0. The van der Waals surface area contributed by atoms with Crippen molar-refractivity contribution in [3.05, 3.63) is 358 Å². The molecule has 0 unspecified atom stereocenters. The molecule has 13 rings (SSSR count). The van der Waals surface area contributed by atoms with Crippen molar-refractivity contribution in [1.29, 1.82) is 0 Å². The molecule has 84 heavy (non-hydrogen) atoms. The monoisotopic (exact) mass is 1080 g/mol. The molecule has 7 nitrogen and oxygen atoms in total. The molecule has 1 aromatic heterocycles. The van der Waals surface area contributed by atoms with Crippen LogP contribution in [0.3, 0.4) is 0 Å². The van der Waals surface area contributed by atoms with Crippen molar-refractivity contribution in [1.82, 2.24) is 4.98 Å². The minimum atomic E-state index is 0.742.